The molecule has 0 aromatic heterocycles. The Kier molecular flexibility index (Phi) is 6.37. The Morgan fingerprint density at radius 1 is 1.16 bits per heavy atom. The van der Waals surface area contributed by atoms with Crippen molar-refractivity contribution in [2.45, 2.75) is 25.0 Å². The Morgan fingerprint density at radius 2 is 1.91 bits per heavy atom. The molecule has 2 atom stereocenters. The lowest BCUT2D eigenvalue weighted by atomic mass is 9.91. The van der Waals surface area contributed by atoms with E-state index in [4.69, 9.17) is 37.4 Å². The van der Waals surface area contributed by atoms with Crippen molar-refractivity contribution < 1.29 is 28.9 Å². The molecule has 2 unspecified atom stereocenters. The van der Waals surface area contributed by atoms with E-state index in [1.807, 2.05) is 0 Å². The number of hydrogen-bond donors (Lipinski definition) is 2. The van der Waals surface area contributed by atoms with Crippen LogP contribution in [0.5, 0.6) is 17.2 Å². The molecule has 8 nitrogen and oxygen atoms in total. The molecule has 0 spiro atoms. The molecule has 1 saturated heterocycles. The summed E-state index contributed by atoms with van der Waals surface area (Å²) < 4.78 is 16.8. The molecule has 0 radical (unpaired) electrons. The summed E-state index contributed by atoms with van der Waals surface area (Å²) in [5.41, 5.74) is -0.747. The number of imide groups is 1. The summed E-state index contributed by atoms with van der Waals surface area (Å²) in [6.45, 7) is 2.26. The number of ether oxygens (including phenoxy) is 3. The van der Waals surface area contributed by atoms with E-state index in [0.717, 1.165) is 11.3 Å². The molecule has 2 aromatic rings. The number of hydrogen-bond acceptors (Lipinski definition) is 6. The van der Waals surface area contributed by atoms with Gasteiger partial charge in [0.25, 0.3) is 5.91 Å². The van der Waals surface area contributed by atoms with Crippen molar-refractivity contribution in [3.8, 4) is 17.2 Å². The zero-order valence-corrected chi connectivity index (χ0v) is 18.8. The fraction of sp³-hybridized carbons (Fsp3) is 0.364. The molecular formula is C22H22Cl2N2O6. The molecule has 170 valence electrons. The zero-order valence-electron chi connectivity index (χ0n) is 17.3. The topological polar surface area (TPSA) is 97.3 Å². The first kappa shape index (κ1) is 22.5. The molecule has 10 heteroatoms. The summed E-state index contributed by atoms with van der Waals surface area (Å²) in [4.78, 5) is 26.7. The molecule has 2 N–H and O–H groups in total. The molecule has 2 heterocycles. The largest absolute Gasteiger partial charge is 0.490 e. The highest BCUT2D eigenvalue weighted by Crippen LogP contribution is 2.36. The van der Waals surface area contributed by atoms with Gasteiger partial charge in [-0.2, -0.15) is 0 Å². The first-order chi connectivity index (χ1) is 15.3. The number of aliphatic hydroxyl groups excluding tert-OH is 1. The van der Waals surface area contributed by atoms with E-state index in [1.54, 1.807) is 37.3 Å². The number of β-amino-alcohol motifs (C(OH)–C–C–N with tert-alkyl or cyclic N) is 1. The maximum absolute atomic E-state index is 13.2. The molecule has 2 aromatic carbocycles. The Morgan fingerprint density at radius 3 is 2.66 bits per heavy atom. The van der Waals surface area contributed by atoms with Crippen molar-refractivity contribution in [2.24, 2.45) is 0 Å². The number of nitrogens with one attached hydrogen (secondary N) is 1. The van der Waals surface area contributed by atoms with Crippen molar-refractivity contribution >= 4 is 35.1 Å². The molecule has 2 aliphatic heterocycles. The number of carbonyl (C=O) groups is 2. The highest BCUT2D eigenvalue weighted by Gasteiger charge is 2.49. The molecule has 0 bridgehead atoms. The summed E-state index contributed by atoms with van der Waals surface area (Å²) in [6, 6.07) is 9.24. The molecule has 0 saturated carbocycles. The van der Waals surface area contributed by atoms with Crippen LogP contribution in [0.15, 0.2) is 36.4 Å². The van der Waals surface area contributed by atoms with Crippen molar-refractivity contribution in [1.29, 1.82) is 0 Å². The number of amides is 3. The van der Waals surface area contributed by atoms with Crippen LogP contribution >= 0.6 is 23.2 Å². The third kappa shape index (κ3) is 4.44. The number of benzene rings is 2. The first-order valence-electron chi connectivity index (χ1n) is 10.1. The van der Waals surface area contributed by atoms with Gasteiger partial charge >= 0.3 is 6.03 Å². The second kappa shape index (κ2) is 9.05. The minimum atomic E-state index is -1.30. The van der Waals surface area contributed by atoms with Crippen molar-refractivity contribution in [3.05, 3.63) is 52.0 Å². The summed E-state index contributed by atoms with van der Waals surface area (Å²) in [5.74, 6) is 0.969. The van der Waals surface area contributed by atoms with Crippen LogP contribution in [0.25, 0.3) is 0 Å². The molecular weight excluding hydrogens is 459 g/mol. The highest BCUT2D eigenvalue weighted by molar-refractivity contribution is 6.35. The van der Waals surface area contributed by atoms with Gasteiger partial charge in [-0.3, -0.25) is 9.69 Å². The number of rotatable bonds is 6. The van der Waals surface area contributed by atoms with Crippen molar-refractivity contribution in [2.75, 3.05) is 26.4 Å². The number of aliphatic hydroxyl groups is 1. The smallest absolute Gasteiger partial charge is 0.325 e. The van der Waals surface area contributed by atoms with Gasteiger partial charge in [-0.15, -0.1) is 0 Å². The molecule has 32 heavy (non-hydrogen) atoms. The normalized spacial score (nSPS) is 21.2. The Labute approximate surface area is 195 Å². The molecule has 1 fully saturated rings. The van der Waals surface area contributed by atoms with Crippen LogP contribution in [0.3, 0.4) is 0 Å². The van der Waals surface area contributed by atoms with Crippen LogP contribution in [0.4, 0.5) is 4.79 Å². The van der Waals surface area contributed by atoms with Crippen LogP contribution in [0, 0.1) is 0 Å². The van der Waals surface area contributed by atoms with E-state index in [2.05, 4.69) is 5.32 Å². The molecule has 3 amide bonds. The Hall–Kier alpha value is -2.68. The van der Waals surface area contributed by atoms with E-state index in [0.29, 0.717) is 46.1 Å². The van der Waals surface area contributed by atoms with Crippen LogP contribution in [0.2, 0.25) is 10.0 Å². The van der Waals surface area contributed by atoms with Crippen molar-refractivity contribution in [3.63, 3.8) is 0 Å². The number of nitrogens with zero attached hydrogens (tertiary/aromatic N) is 1. The lowest BCUT2D eigenvalue weighted by Crippen LogP contribution is -2.42. The van der Waals surface area contributed by atoms with Gasteiger partial charge in [0.2, 0.25) is 0 Å². The van der Waals surface area contributed by atoms with E-state index in [-0.39, 0.29) is 13.2 Å². The predicted octanol–water partition coefficient (Wildman–Crippen LogP) is 3.36. The number of halogens is 2. The van der Waals surface area contributed by atoms with E-state index < -0.39 is 23.6 Å². The molecule has 0 aliphatic carbocycles. The quantitative estimate of drug-likeness (QED) is 0.615. The minimum absolute atomic E-state index is 0.168. The number of urea groups is 1. The predicted molar refractivity (Wildman–Crippen MR) is 118 cm³/mol. The van der Waals surface area contributed by atoms with E-state index in [9.17, 15) is 14.7 Å². The third-order valence-electron chi connectivity index (χ3n) is 5.32. The maximum Gasteiger partial charge on any atom is 0.325 e. The van der Waals surface area contributed by atoms with Crippen LogP contribution in [-0.2, 0) is 10.3 Å². The first-order valence-corrected chi connectivity index (χ1v) is 10.8. The van der Waals surface area contributed by atoms with Gasteiger partial charge in [-0.05, 0) is 42.8 Å². The van der Waals surface area contributed by atoms with E-state index >= 15 is 0 Å². The lowest BCUT2D eigenvalue weighted by Gasteiger charge is -2.24. The van der Waals surface area contributed by atoms with Gasteiger partial charge in [0.05, 0.1) is 24.8 Å². The fourth-order valence-electron chi connectivity index (χ4n) is 3.57. The lowest BCUT2D eigenvalue weighted by molar-refractivity contribution is -0.132. The number of fused-ring (bicyclic) bond motifs is 1. The average Bonchev–Trinajstić information content (AvgIpc) is 2.92. The summed E-state index contributed by atoms with van der Waals surface area (Å²) in [5, 5.41) is 13.8. The monoisotopic (exact) mass is 480 g/mol. The standard InChI is InChI=1S/C22H22Cl2N2O6/c1-22(13-3-5-18-19(9-13)31-8-2-7-30-18)20(28)26(21(29)25-22)11-15(27)12-32-17-6-4-14(23)10-16(17)24/h3-6,9-10,15,27H,2,7-8,11-12H2,1H3,(H,25,29). The van der Waals surface area contributed by atoms with Crippen molar-refractivity contribution in [1.82, 2.24) is 10.2 Å². The SMILES string of the molecule is CC1(c2ccc3c(c2)OCCCO3)NC(=O)N(CC(O)COc2ccc(Cl)cc2Cl)C1=O. The summed E-state index contributed by atoms with van der Waals surface area (Å²) in [6.07, 6.45) is -0.367. The van der Waals surface area contributed by atoms with Crippen LogP contribution in [-0.4, -0.2) is 54.4 Å². The van der Waals surface area contributed by atoms with Gasteiger partial charge in [-0.25, -0.2) is 4.79 Å². The zero-order chi connectivity index (χ0) is 22.9. The Bertz CT molecular complexity index is 1050. The van der Waals surface area contributed by atoms with Crippen LogP contribution in [0.1, 0.15) is 18.9 Å². The summed E-state index contributed by atoms with van der Waals surface area (Å²) >= 11 is 11.9. The second-order valence-electron chi connectivity index (χ2n) is 7.72. The minimum Gasteiger partial charge on any atom is -0.490 e. The maximum atomic E-state index is 13.2. The van der Waals surface area contributed by atoms with E-state index in [1.165, 1.54) is 6.07 Å². The van der Waals surface area contributed by atoms with Gasteiger partial charge in [0.15, 0.2) is 11.5 Å². The van der Waals surface area contributed by atoms with Gasteiger partial charge in [0.1, 0.15) is 24.0 Å². The van der Waals surface area contributed by atoms with Gasteiger partial charge in [-0.1, -0.05) is 29.3 Å². The average molecular weight is 481 g/mol. The molecule has 4 rings (SSSR count). The Balaban J connectivity index is 1.44. The fourth-order valence-corrected chi connectivity index (χ4v) is 4.04. The molecule has 2 aliphatic rings. The third-order valence-corrected chi connectivity index (χ3v) is 5.85. The second-order valence-corrected chi connectivity index (χ2v) is 8.57. The van der Waals surface area contributed by atoms with Crippen LogP contribution < -0.4 is 19.5 Å². The summed E-state index contributed by atoms with van der Waals surface area (Å²) in [7, 11) is 0. The van der Waals surface area contributed by atoms with Gasteiger partial charge in [0, 0.05) is 11.4 Å². The highest BCUT2D eigenvalue weighted by atomic mass is 35.5. The number of carbonyl (C=O) groups excluding carboxylic acids is 2. The van der Waals surface area contributed by atoms with Gasteiger partial charge < -0.3 is 24.6 Å².